The van der Waals surface area contributed by atoms with Crippen LogP contribution in [0.4, 0.5) is 10.5 Å². The van der Waals surface area contributed by atoms with Crippen molar-refractivity contribution in [3.8, 4) is 0 Å². The molecule has 0 aromatic heterocycles. The highest BCUT2D eigenvalue weighted by atomic mass is 16.6. The minimum Gasteiger partial charge on any atom is -0.494 e. The molecular formula is C28H28N2O7. The molecule has 2 N–H and O–H groups in total. The molecule has 192 valence electrons. The van der Waals surface area contributed by atoms with E-state index in [1.807, 2.05) is 30.3 Å². The van der Waals surface area contributed by atoms with Gasteiger partial charge >= 0.3 is 12.1 Å². The summed E-state index contributed by atoms with van der Waals surface area (Å²) >= 11 is 0. The van der Waals surface area contributed by atoms with Crippen LogP contribution in [0.15, 0.2) is 78.6 Å². The summed E-state index contributed by atoms with van der Waals surface area (Å²) in [5.41, 5.74) is 3.60. The highest BCUT2D eigenvalue weighted by Crippen LogP contribution is 2.37. The largest absolute Gasteiger partial charge is 0.494 e. The monoisotopic (exact) mass is 504 g/mol. The van der Waals surface area contributed by atoms with Gasteiger partial charge in [-0.2, -0.15) is 0 Å². The molecule has 1 amide bonds. The fourth-order valence-electron chi connectivity index (χ4n) is 4.47. The highest BCUT2D eigenvalue weighted by molar-refractivity contribution is 5.85. The van der Waals surface area contributed by atoms with E-state index in [1.165, 1.54) is 12.1 Å². The van der Waals surface area contributed by atoms with Crippen molar-refractivity contribution in [1.29, 1.82) is 0 Å². The maximum atomic E-state index is 11.9. The summed E-state index contributed by atoms with van der Waals surface area (Å²) < 4.78 is 11.0. The molecule has 0 radical (unpaired) electrons. The summed E-state index contributed by atoms with van der Waals surface area (Å²) in [6.45, 7) is 0.802. The fraction of sp³-hybridized carbons (Fsp3) is 0.286. The van der Waals surface area contributed by atoms with Gasteiger partial charge in [-0.05, 0) is 65.3 Å². The van der Waals surface area contributed by atoms with Crippen LogP contribution < -0.4 is 5.32 Å². The molecule has 2 aromatic carbocycles. The number of nitro benzene ring substituents is 1. The first-order valence-corrected chi connectivity index (χ1v) is 12.1. The number of aliphatic carboxylic acids is 1. The number of carboxylic acids is 1. The number of alkyl carbamates (subject to hydrolysis) is 1. The van der Waals surface area contributed by atoms with E-state index in [9.17, 15) is 24.8 Å². The Morgan fingerprint density at radius 3 is 2.65 bits per heavy atom. The molecule has 0 bridgehead atoms. The number of nitrogens with one attached hydrogen (secondary N) is 1. The number of nitrogens with zero attached hydrogens (tertiary/aromatic N) is 1. The zero-order chi connectivity index (χ0) is 26.2. The molecule has 0 saturated heterocycles. The number of carbonyl (C=O) groups is 2. The lowest BCUT2D eigenvalue weighted by atomic mass is 9.84. The van der Waals surface area contributed by atoms with Crippen molar-refractivity contribution in [2.75, 3.05) is 13.2 Å². The van der Waals surface area contributed by atoms with Crippen LogP contribution in [0.3, 0.4) is 0 Å². The van der Waals surface area contributed by atoms with Crippen molar-refractivity contribution in [2.24, 2.45) is 11.8 Å². The number of amides is 1. The minimum atomic E-state index is -0.845. The van der Waals surface area contributed by atoms with Crippen molar-refractivity contribution in [3.05, 3.63) is 105 Å². The van der Waals surface area contributed by atoms with Gasteiger partial charge in [0, 0.05) is 24.6 Å². The van der Waals surface area contributed by atoms with Crippen LogP contribution in [0.1, 0.15) is 29.5 Å². The van der Waals surface area contributed by atoms with Gasteiger partial charge in [0.15, 0.2) is 0 Å². The average molecular weight is 505 g/mol. The SMILES string of the molecule is O=C(O)CC1=CC2C=CC(OCCCNC(=O)OCc3ccc([N+](=O)[O-])cc3)=CC2Cc2ccccc21. The maximum absolute atomic E-state index is 11.9. The summed E-state index contributed by atoms with van der Waals surface area (Å²) in [4.78, 5) is 33.5. The van der Waals surface area contributed by atoms with Crippen LogP contribution in [0.2, 0.25) is 0 Å². The fourth-order valence-corrected chi connectivity index (χ4v) is 4.47. The zero-order valence-electron chi connectivity index (χ0n) is 20.2. The summed E-state index contributed by atoms with van der Waals surface area (Å²) in [7, 11) is 0. The Hall–Kier alpha value is -4.40. The van der Waals surface area contributed by atoms with E-state index in [1.54, 1.807) is 12.1 Å². The smallest absolute Gasteiger partial charge is 0.407 e. The lowest BCUT2D eigenvalue weighted by Gasteiger charge is -2.23. The Kier molecular flexibility index (Phi) is 8.35. The van der Waals surface area contributed by atoms with Crippen LogP contribution >= 0.6 is 0 Å². The molecule has 2 unspecified atom stereocenters. The highest BCUT2D eigenvalue weighted by Gasteiger charge is 2.26. The number of non-ortho nitro benzene ring substituents is 1. The van der Waals surface area contributed by atoms with Crippen molar-refractivity contribution >= 4 is 23.3 Å². The molecule has 0 heterocycles. The predicted molar refractivity (Wildman–Crippen MR) is 136 cm³/mol. The second-order valence-corrected chi connectivity index (χ2v) is 8.92. The van der Waals surface area contributed by atoms with Gasteiger partial charge in [0.25, 0.3) is 5.69 Å². The number of carbonyl (C=O) groups excluding carboxylic acids is 1. The standard InChI is InChI=1S/C28H28N2O7/c31-27(32)17-23-14-20-8-11-25(16-22(20)15-21-4-1-2-5-26(21)23)36-13-3-12-29-28(33)37-18-19-6-9-24(10-7-19)30(34)35/h1-2,4-11,14,16,20,22H,3,12-13,15,17-18H2,(H,29,33)(H,31,32). The Morgan fingerprint density at radius 2 is 1.89 bits per heavy atom. The van der Waals surface area contributed by atoms with Crippen LogP contribution in [0.5, 0.6) is 0 Å². The molecule has 2 atom stereocenters. The molecule has 4 rings (SSSR count). The number of hydrogen-bond acceptors (Lipinski definition) is 6. The molecule has 9 heteroatoms. The number of benzene rings is 2. The zero-order valence-corrected chi connectivity index (χ0v) is 20.2. The van der Waals surface area contributed by atoms with Gasteiger partial charge in [-0.1, -0.05) is 36.4 Å². The van der Waals surface area contributed by atoms with Gasteiger partial charge in [0.2, 0.25) is 0 Å². The summed E-state index contributed by atoms with van der Waals surface area (Å²) in [5.74, 6) is 0.179. The third kappa shape index (κ3) is 7.07. The molecule has 2 aliphatic rings. The minimum absolute atomic E-state index is 0.00947. The van der Waals surface area contributed by atoms with Crippen LogP contribution in [-0.4, -0.2) is 35.2 Å². The van der Waals surface area contributed by atoms with E-state index in [2.05, 4.69) is 23.5 Å². The molecule has 37 heavy (non-hydrogen) atoms. The van der Waals surface area contributed by atoms with Gasteiger partial charge in [-0.15, -0.1) is 0 Å². The van der Waals surface area contributed by atoms with E-state index in [-0.39, 0.29) is 30.6 Å². The molecular weight excluding hydrogens is 476 g/mol. The van der Waals surface area contributed by atoms with Gasteiger partial charge < -0.3 is 19.9 Å². The van der Waals surface area contributed by atoms with E-state index in [0.717, 1.165) is 28.9 Å². The predicted octanol–water partition coefficient (Wildman–Crippen LogP) is 5.03. The number of ether oxygens (including phenoxy) is 2. The quantitative estimate of drug-likeness (QED) is 0.264. The number of hydrogen-bond donors (Lipinski definition) is 2. The van der Waals surface area contributed by atoms with Gasteiger partial charge in [-0.3, -0.25) is 14.9 Å². The van der Waals surface area contributed by atoms with Crippen molar-refractivity contribution in [3.63, 3.8) is 0 Å². The second kappa shape index (κ2) is 12.0. The Bertz CT molecular complexity index is 1250. The molecule has 0 spiro atoms. The first-order valence-electron chi connectivity index (χ1n) is 12.1. The van der Waals surface area contributed by atoms with Gasteiger partial charge in [0.05, 0.1) is 18.0 Å². The Labute approximate surface area is 214 Å². The van der Waals surface area contributed by atoms with Gasteiger partial charge in [-0.25, -0.2) is 4.79 Å². The van der Waals surface area contributed by atoms with Gasteiger partial charge in [0.1, 0.15) is 12.4 Å². The number of nitro groups is 1. The molecule has 2 aliphatic carbocycles. The van der Waals surface area contributed by atoms with Crippen LogP contribution in [-0.2, 0) is 27.3 Å². The van der Waals surface area contributed by atoms with E-state index < -0.39 is 17.0 Å². The van der Waals surface area contributed by atoms with Crippen molar-refractivity contribution in [2.45, 2.75) is 25.9 Å². The lowest BCUT2D eigenvalue weighted by Crippen LogP contribution is -2.26. The number of rotatable bonds is 10. The number of carboxylic acid groups (broad SMARTS) is 1. The first-order chi connectivity index (χ1) is 17.9. The second-order valence-electron chi connectivity index (χ2n) is 8.92. The third-order valence-corrected chi connectivity index (χ3v) is 6.29. The van der Waals surface area contributed by atoms with Crippen LogP contribution in [0.25, 0.3) is 5.57 Å². The summed E-state index contributed by atoms with van der Waals surface area (Å²) in [6.07, 6.45) is 8.91. The first kappa shape index (κ1) is 25.7. The molecule has 0 fully saturated rings. The lowest BCUT2D eigenvalue weighted by molar-refractivity contribution is -0.384. The molecule has 0 saturated carbocycles. The summed E-state index contributed by atoms with van der Waals surface area (Å²) in [5, 5.41) is 22.7. The van der Waals surface area contributed by atoms with Crippen molar-refractivity contribution < 1.29 is 29.1 Å². The average Bonchev–Trinajstić information content (AvgIpc) is 3.03. The van der Waals surface area contributed by atoms with Crippen molar-refractivity contribution in [1.82, 2.24) is 5.32 Å². The number of fused-ring (bicyclic) bond motifs is 2. The number of allylic oxidation sites excluding steroid dienone is 4. The molecule has 9 nitrogen and oxygen atoms in total. The van der Waals surface area contributed by atoms with E-state index in [4.69, 9.17) is 9.47 Å². The van der Waals surface area contributed by atoms with E-state index >= 15 is 0 Å². The Balaban J connectivity index is 1.22. The third-order valence-electron chi connectivity index (χ3n) is 6.29. The maximum Gasteiger partial charge on any atom is 0.407 e. The Morgan fingerprint density at radius 1 is 1.11 bits per heavy atom. The normalized spacial score (nSPS) is 17.8. The summed E-state index contributed by atoms with van der Waals surface area (Å²) in [6, 6.07) is 13.8. The van der Waals surface area contributed by atoms with E-state index in [0.29, 0.717) is 25.1 Å². The molecule has 2 aromatic rings. The topological polar surface area (TPSA) is 128 Å². The molecule has 0 aliphatic heterocycles. The van der Waals surface area contributed by atoms with Crippen LogP contribution in [0, 0.1) is 22.0 Å².